The number of methoxy groups -OCH3 is 1. The van der Waals surface area contributed by atoms with E-state index in [2.05, 4.69) is 16.3 Å². The van der Waals surface area contributed by atoms with E-state index in [1.807, 2.05) is 6.92 Å². The van der Waals surface area contributed by atoms with Gasteiger partial charge in [-0.15, -0.1) is 6.42 Å². The summed E-state index contributed by atoms with van der Waals surface area (Å²) in [6.45, 7) is 2.46. The normalized spacial score (nSPS) is 11.9. The molecule has 92 valence electrons. The fourth-order valence-corrected chi connectivity index (χ4v) is 1.52. The molecule has 1 rings (SSSR count). The van der Waals surface area contributed by atoms with Gasteiger partial charge in [0.05, 0.1) is 17.8 Å². The molecule has 0 spiro atoms. The van der Waals surface area contributed by atoms with E-state index in [-0.39, 0.29) is 23.2 Å². The number of aromatic nitrogens is 2. The Kier molecular flexibility index (Phi) is 5.01. The van der Waals surface area contributed by atoms with Crippen molar-refractivity contribution in [3.63, 3.8) is 0 Å². The minimum Gasteiger partial charge on any atom is -0.383 e. The standard InChI is InChI=1S/C11H14ClN3O2/c1-4-5-15-11(16)10(9(12)6-13-15)14-8(2)7-17-3/h1,6,8,14H,5,7H2,2-3H3. The van der Waals surface area contributed by atoms with E-state index in [0.29, 0.717) is 12.3 Å². The highest BCUT2D eigenvalue weighted by Gasteiger charge is 2.11. The van der Waals surface area contributed by atoms with Gasteiger partial charge in [-0.2, -0.15) is 5.10 Å². The van der Waals surface area contributed by atoms with Crippen LogP contribution in [-0.4, -0.2) is 29.5 Å². The molecule has 0 aliphatic carbocycles. The third-order valence-electron chi connectivity index (χ3n) is 2.05. The zero-order chi connectivity index (χ0) is 12.8. The van der Waals surface area contributed by atoms with Crippen LogP contribution in [0.3, 0.4) is 0 Å². The number of nitrogens with zero attached hydrogens (tertiary/aromatic N) is 2. The minimum atomic E-state index is -0.335. The molecule has 0 aliphatic heterocycles. The van der Waals surface area contributed by atoms with Crippen LogP contribution in [-0.2, 0) is 11.3 Å². The largest absolute Gasteiger partial charge is 0.383 e. The molecule has 5 nitrogen and oxygen atoms in total. The predicted molar refractivity (Wildman–Crippen MR) is 67.3 cm³/mol. The molecule has 0 aromatic carbocycles. The van der Waals surface area contributed by atoms with Gasteiger partial charge in [-0.1, -0.05) is 17.5 Å². The summed E-state index contributed by atoms with van der Waals surface area (Å²) in [5, 5.41) is 7.09. The van der Waals surface area contributed by atoms with Gasteiger partial charge in [-0.25, -0.2) is 4.68 Å². The molecule has 0 fully saturated rings. The van der Waals surface area contributed by atoms with Crippen molar-refractivity contribution in [3.05, 3.63) is 21.6 Å². The average molecular weight is 256 g/mol. The Labute approximate surface area is 105 Å². The summed E-state index contributed by atoms with van der Waals surface area (Å²) >= 11 is 5.92. The second-order valence-electron chi connectivity index (χ2n) is 3.54. The maximum Gasteiger partial charge on any atom is 0.292 e. The van der Waals surface area contributed by atoms with Crippen molar-refractivity contribution in [1.29, 1.82) is 0 Å². The average Bonchev–Trinajstić information content (AvgIpc) is 2.29. The zero-order valence-electron chi connectivity index (χ0n) is 9.74. The van der Waals surface area contributed by atoms with Gasteiger partial charge in [0.2, 0.25) is 0 Å². The molecule has 0 radical (unpaired) electrons. The zero-order valence-corrected chi connectivity index (χ0v) is 10.5. The number of hydrogen-bond acceptors (Lipinski definition) is 4. The smallest absolute Gasteiger partial charge is 0.292 e. The van der Waals surface area contributed by atoms with E-state index in [4.69, 9.17) is 22.8 Å². The van der Waals surface area contributed by atoms with Crippen LogP contribution in [0.25, 0.3) is 0 Å². The lowest BCUT2D eigenvalue weighted by Gasteiger charge is -2.15. The molecule has 1 atom stereocenters. The van der Waals surface area contributed by atoms with Crippen molar-refractivity contribution in [3.8, 4) is 12.3 Å². The highest BCUT2D eigenvalue weighted by molar-refractivity contribution is 6.33. The Bertz CT molecular complexity index is 479. The number of rotatable bonds is 5. The summed E-state index contributed by atoms with van der Waals surface area (Å²) in [5.74, 6) is 2.35. The van der Waals surface area contributed by atoms with Crippen molar-refractivity contribution in [1.82, 2.24) is 9.78 Å². The van der Waals surface area contributed by atoms with Crippen molar-refractivity contribution in [2.75, 3.05) is 19.0 Å². The SMILES string of the molecule is C#CCn1ncc(Cl)c(NC(C)COC)c1=O. The first-order valence-electron chi connectivity index (χ1n) is 5.04. The van der Waals surface area contributed by atoms with Gasteiger partial charge in [0.1, 0.15) is 12.2 Å². The lowest BCUT2D eigenvalue weighted by Crippen LogP contribution is -2.30. The molecular formula is C11H14ClN3O2. The molecule has 1 aromatic rings. The second-order valence-corrected chi connectivity index (χ2v) is 3.94. The van der Waals surface area contributed by atoms with Crippen LogP contribution >= 0.6 is 11.6 Å². The summed E-state index contributed by atoms with van der Waals surface area (Å²) in [6.07, 6.45) is 6.53. The first-order chi connectivity index (χ1) is 8.10. The van der Waals surface area contributed by atoms with Crippen LogP contribution in [0.1, 0.15) is 6.92 Å². The molecule has 6 heteroatoms. The van der Waals surface area contributed by atoms with Gasteiger partial charge in [0.15, 0.2) is 0 Å². The van der Waals surface area contributed by atoms with E-state index in [9.17, 15) is 4.79 Å². The van der Waals surface area contributed by atoms with E-state index in [0.717, 1.165) is 0 Å². The molecule has 0 saturated carbocycles. The van der Waals surface area contributed by atoms with Crippen LogP contribution < -0.4 is 10.9 Å². The van der Waals surface area contributed by atoms with E-state index < -0.39 is 0 Å². The molecule has 0 saturated heterocycles. The monoisotopic (exact) mass is 255 g/mol. The maximum absolute atomic E-state index is 11.9. The summed E-state index contributed by atoms with van der Waals surface area (Å²) in [7, 11) is 1.59. The lowest BCUT2D eigenvalue weighted by atomic mass is 10.3. The molecule has 0 amide bonds. The van der Waals surface area contributed by atoms with Crippen LogP contribution in [0.4, 0.5) is 5.69 Å². The van der Waals surface area contributed by atoms with Gasteiger partial charge in [0, 0.05) is 13.2 Å². The van der Waals surface area contributed by atoms with Crippen molar-refractivity contribution in [2.45, 2.75) is 19.5 Å². The Morgan fingerprint density at radius 2 is 2.47 bits per heavy atom. The van der Waals surface area contributed by atoms with Crippen LogP contribution in [0.15, 0.2) is 11.0 Å². The van der Waals surface area contributed by atoms with E-state index >= 15 is 0 Å². The van der Waals surface area contributed by atoms with E-state index in [1.165, 1.54) is 10.9 Å². The molecule has 1 aromatic heterocycles. The summed E-state index contributed by atoms with van der Waals surface area (Å²) < 4.78 is 6.15. The highest BCUT2D eigenvalue weighted by Crippen LogP contribution is 2.15. The number of terminal acetylenes is 1. The number of halogens is 1. The van der Waals surface area contributed by atoms with Gasteiger partial charge in [-0.05, 0) is 6.92 Å². The van der Waals surface area contributed by atoms with Gasteiger partial charge in [-0.3, -0.25) is 4.79 Å². The topological polar surface area (TPSA) is 56.1 Å². The van der Waals surface area contributed by atoms with E-state index in [1.54, 1.807) is 7.11 Å². The number of anilines is 1. The highest BCUT2D eigenvalue weighted by atomic mass is 35.5. The summed E-state index contributed by atoms with van der Waals surface area (Å²) in [5.41, 5.74) is -0.0418. The van der Waals surface area contributed by atoms with Gasteiger partial charge >= 0.3 is 0 Å². The minimum absolute atomic E-state index is 0.0353. The number of ether oxygens (including phenoxy) is 1. The molecule has 17 heavy (non-hydrogen) atoms. The second kappa shape index (κ2) is 6.28. The van der Waals surface area contributed by atoms with Crippen molar-refractivity contribution >= 4 is 17.3 Å². The Balaban J connectivity index is 3.02. The quantitative estimate of drug-likeness (QED) is 0.797. The fraction of sp³-hybridized carbons (Fsp3) is 0.455. The molecule has 0 aliphatic rings. The molecule has 1 N–H and O–H groups in total. The summed E-state index contributed by atoms with van der Waals surface area (Å²) in [4.78, 5) is 11.9. The van der Waals surface area contributed by atoms with Crippen LogP contribution in [0, 0.1) is 12.3 Å². The molecular weight excluding hydrogens is 242 g/mol. The number of hydrogen-bond donors (Lipinski definition) is 1. The van der Waals surface area contributed by atoms with Crippen LogP contribution in [0.2, 0.25) is 5.02 Å². The van der Waals surface area contributed by atoms with Crippen molar-refractivity contribution < 1.29 is 4.74 Å². The van der Waals surface area contributed by atoms with Gasteiger partial charge < -0.3 is 10.1 Å². The molecule has 1 heterocycles. The maximum atomic E-state index is 11.9. The Hall–Kier alpha value is -1.51. The third kappa shape index (κ3) is 3.48. The van der Waals surface area contributed by atoms with Crippen molar-refractivity contribution in [2.24, 2.45) is 0 Å². The fourth-order valence-electron chi connectivity index (χ4n) is 1.34. The lowest BCUT2D eigenvalue weighted by molar-refractivity contribution is 0.190. The third-order valence-corrected chi connectivity index (χ3v) is 2.33. The first kappa shape index (κ1) is 13.6. The molecule has 1 unspecified atom stereocenters. The first-order valence-corrected chi connectivity index (χ1v) is 5.42. The predicted octanol–water partition coefficient (Wildman–Crippen LogP) is 0.977. The van der Waals surface area contributed by atoms with Crippen LogP contribution in [0.5, 0.6) is 0 Å². The summed E-state index contributed by atoms with van der Waals surface area (Å²) in [6, 6.07) is -0.0353. The Morgan fingerprint density at radius 3 is 3.06 bits per heavy atom. The van der Waals surface area contributed by atoms with Gasteiger partial charge in [0.25, 0.3) is 5.56 Å². The number of nitrogens with one attached hydrogen (secondary N) is 1. The Morgan fingerprint density at radius 1 is 1.76 bits per heavy atom. The molecule has 0 bridgehead atoms.